The Hall–Kier alpha value is -2.66. The van der Waals surface area contributed by atoms with E-state index in [9.17, 15) is 9.90 Å². The van der Waals surface area contributed by atoms with E-state index < -0.39 is 0 Å². The Balaban J connectivity index is 1.63. The molecule has 0 fully saturated rings. The number of aromatic nitrogens is 2. The van der Waals surface area contributed by atoms with Gasteiger partial charge < -0.3 is 10.4 Å². The molecule has 118 valence electrons. The molecule has 0 spiro atoms. The predicted octanol–water partition coefficient (Wildman–Crippen LogP) is 1.76. The summed E-state index contributed by atoms with van der Waals surface area (Å²) < 4.78 is 1.67. The second-order valence-electron chi connectivity index (χ2n) is 5.50. The number of hydrogen-bond acceptors (Lipinski definition) is 3. The van der Waals surface area contributed by atoms with Crippen LogP contribution in [0.15, 0.2) is 60.8 Å². The fraction of sp³-hybridized carbons (Fsp3) is 0.222. The van der Waals surface area contributed by atoms with Gasteiger partial charge in [0, 0.05) is 5.39 Å². The molecule has 1 amide bonds. The Labute approximate surface area is 134 Å². The molecule has 3 aromatic rings. The van der Waals surface area contributed by atoms with Crippen molar-refractivity contribution in [3.63, 3.8) is 0 Å². The molecule has 0 radical (unpaired) electrons. The van der Waals surface area contributed by atoms with Gasteiger partial charge in [-0.1, -0.05) is 48.5 Å². The zero-order valence-electron chi connectivity index (χ0n) is 12.7. The third-order valence-electron chi connectivity index (χ3n) is 3.75. The van der Waals surface area contributed by atoms with E-state index in [1.165, 1.54) is 0 Å². The predicted molar refractivity (Wildman–Crippen MR) is 88.9 cm³/mol. The lowest BCUT2D eigenvalue weighted by atomic mass is 10.1. The van der Waals surface area contributed by atoms with Crippen LogP contribution in [0.2, 0.25) is 0 Å². The fourth-order valence-corrected chi connectivity index (χ4v) is 2.62. The van der Waals surface area contributed by atoms with E-state index in [-0.39, 0.29) is 25.1 Å². The molecule has 0 aliphatic carbocycles. The molecule has 1 heterocycles. The average molecular weight is 309 g/mol. The highest BCUT2D eigenvalue weighted by Gasteiger charge is 2.13. The van der Waals surface area contributed by atoms with Gasteiger partial charge in [-0.2, -0.15) is 5.10 Å². The summed E-state index contributed by atoms with van der Waals surface area (Å²) in [5.74, 6) is -0.158. The van der Waals surface area contributed by atoms with Crippen LogP contribution < -0.4 is 5.32 Å². The topological polar surface area (TPSA) is 67.2 Å². The molecule has 1 unspecified atom stereocenters. The third kappa shape index (κ3) is 3.76. The Morgan fingerprint density at radius 3 is 2.65 bits per heavy atom. The van der Waals surface area contributed by atoms with Gasteiger partial charge in [-0.05, 0) is 18.1 Å². The molecule has 5 heteroatoms. The van der Waals surface area contributed by atoms with E-state index >= 15 is 0 Å². The molecule has 3 rings (SSSR count). The minimum Gasteiger partial charge on any atom is -0.394 e. The van der Waals surface area contributed by atoms with E-state index in [1.54, 1.807) is 10.9 Å². The van der Waals surface area contributed by atoms with E-state index in [2.05, 4.69) is 10.4 Å². The lowest BCUT2D eigenvalue weighted by molar-refractivity contribution is -0.122. The van der Waals surface area contributed by atoms with Gasteiger partial charge in [0.25, 0.3) is 0 Å². The van der Waals surface area contributed by atoms with Crippen LogP contribution in [0.25, 0.3) is 10.9 Å². The lowest BCUT2D eigenvalue weighted by Gasteiger charge is -2.16. The summed E-state index contributed by atoms with van der Waals surface area (Å²) >= 11 is 0. The number of para-hydroxylation sites is 1. The Morgan fingerprint density at radius 1 is 1.13 bits per heavy atom. The van der Waals surface area contributed by atoms with Gasteiger partial charge >= 0.3 is 0 Å². The number of benzene rings is 2. The van der Waals surface area contributed by atoms with E-state index in [0.29, 0.717) is 6.42 Å². The maximum Gasteiger partial charge on any atom is 0.242 e. The molecule has 1 aromatic heterocycles. The zero-order chi connectivity index (χ0) is 16.1. The van der Waals surface area contributed by atoms with Crippen LogP contribution in [0.5, 0.6) is 0 Å². The molecule has 0 saturated heterocycles. The largest absolute Gasteiger partial charge is 0.394 e. The quantitative estimate of drug-likeness (QED) is 0.729. The van der Waals surface area contributed by atoms with E-state index in [1.807, 2.05) is 54.6 Å². The monoisotopic (exact) mass is 309 g/mol. The summed E-state index contributed by atoms with van der Waals surface area (Å²) in [5.41, 5.74) is 2.00. The van der Waals surface area contributed by atoms with Gasteiger partial charge in [-0.15, -0.1) is 0 Å². The van der Waals surface area contributed by atoms with E-state index in [0.717, 1.165) is 16.5 Å². The van der Waals surface area contributed by atoms with Crippen LogP contribution in [0.1, 0.15) is 5.56 Å². The van der Waals surface area contributed by atoms with Gasteiger partial charge in [-0.25, -0.2) is 0 Å². The minimum atomic E-state index is -0.299. The molecular formula is C18H19N3O2. The molecule has 2 N–H and O–H groups in total. The van der Waals surface area contributed by atoms with Crippen molar-refractivity contribution >= 4 is 16.8 Å². The molecule has 0 saturated carbocycles. The molecule has 0 aliphatic rings. The van der Waals surface area contributed by atoms with Crippen LogP contribution in [0, 0.1) is 0 Å². The van der Waals surface area contributed by atoms with Crippen molar-refractivity contribution in [3.05, 3.63) is 66.4 Å². The zero-order valence-corrected chi connectivity index (χ0v) is 12.7. The van der Waals surface area contributed by atoms with Crippen LogP contribution >= 0.6 is 0 Å². The van der Waals surface area contributed by atoms with Crippen molar-refractivity contribution in [2.45, 2.75) is 19.0 Å². The highest BCUT2D eigenvalue weighted by Crippen LogP contribution is 2.12. The van der Waals surface area contributed by atoms with Crippen molar-refractivity contribution < 1.29 is 9.90 Å². The molecule has 23 heavy (non-hydrogen) atoms. The van der Waals surface area contributed by atoms with Gasteiger partial charge in [-0.3, -0.25) is 9.48 Å². The van der Waals surface area contributed by atoms with Crippen LogP contribution in [-0.2, 0) is 17.8 Å². The standard InChI is InChI=1S/C18H19N3O2/c22-13-16(10-14-6-2-1-3-7-14)20-18(23)12-21-17-9-5-4-8-15(17)11-19-21/h1-9,11,16,22H,10,12-13H2,(H,20,23). The van der Waals surface area contributed by atoms with Crippen LogP contribution in [0.4, 0.5) is 0 Å². The Bertz CT molecular complexity index is 783. The number of aliphatic hydroxyl groups is 1. The first-order chi connectivity index (χ1) is 11.3. The number of amides is 1. The average Bonchev–Trinajstić information content (AvgIpc) is 2.98. The van der Waals surface area contributed by atoms with Crippen molar-refractivity contribution in [1.82, 2.24) is 15.1 Å². The summed E-state index contributed by atoms with van der Waals surface area (Å²) in [7, 11) is 0. The molecule has 1 atom stereocenters. The van der Waals surface area contributed by atoms with Crippen LogP contribution in [0.3, 0.4) is 0 Å². The fourth-order valence-electron chi connectivity index (χ4n) is 2.62. The maximum atomic E-state index is 12.2. The number of nitrogens with one attached hydrogen (secondary N) is 1. The lowest BCUT2D eigenvalue weighted by Crippen LogP contribution is -2.40. The number of fused-ring (bicyclic) bond motifs is 1. The summed E-state index contributed by atoms with van der Waals surface area (Å²) in [5, 5.41) is 17.6. The number of hydrogen-bond donors (Lipinski definition) is 2. The number of nitrogens with zero attached hydrogens (tertiary/aromatic N) is 2. The second kappa shape index (κ2) is 7.07. The van der Waals surface area contributed by atoms with Crippen molar-refractivity contribution in [2.75, 3.05) is 6.61 Å². The smallest absolute Gasteiger partial charge is 0.242 e. The first-order valence-electron chi connectivity index (χ1n) is 7.61. The van der Waals surface area contributed by atoms with Gasteiger partial charge in [0.05, 0.1) is 24.4 Å². The van der Waals surface area contributed by atoms with E-state index in [4.69, 9.17) is 0 Å². The summed E-state index contributed by atoms with van der Waals surface area (Å²) in [6, 6.07) is 17.3. The van der Waals surface area contributed by atoms with Gasteiger partial charge in [0.2, 0.25) is 5.91 Å². The molecular weight excluding hydrogens is 290 g/mol. The second-order valence-corrected chi connectivity index (χ2v) is 5.50. The SMILES string of the molecule is O=C(Cn1ncc2ccccc21)NC(CO)Cc1ccccc1. The molecule has 5 nitrogen and oxygen atoms in total. The number of rotatable bonds is 6. The normalized spacial score (nSPS) is 12.2. The molecule has 2 aromatic carbocycles. The summed E-state index contributed by atoms with van der Waals surface area (Å²) in [6.07, 6.45) is 2.35. The highest BCUT2D eigenvalue weighted by atomic mass is 16.3. The summed E-state index contributed by atoms with van der Waals surface area (Å²) in [4.78, 5) is 12.2. The summed E-state index contributed by atoms with van der Waals surface area (Å²) in [6.45, 7) is 0.0410. The maximum absolute atomic E-state index is 12.2. The van der Waals surface area contributed by atoms with Crippen molar-refractivity contribution in [1.29, 1.82) is 0 Å². The molecule has 0 bridgehead atoms. The Morgan fingerprint density at radius 2 is 1.87 bits per heavy atom. The minimum absolute atomic E-state index is 0.0967. The Kier molecular flexibility index (Phi) is 4.68. The van der Waals surface area contributed by atoms with Gasteiger partial charge in [0.15, 0.2) is 0 Å². The first-order valence-corrected chi connectivity index (χ1v) is 7.61. The number of carbonyl (C=O) groups is 1. The molecule has 0 aliphatic heterocycles. The van der Waals surface area contributed by atoms with Gasteiger partial charge in [0.1, 0.15) is 6.54 Å². The van der Waals surface area contributed by atoms with Crippen molar-refractivity contribution in [3.8, 4) is 0 Å². The first kappa shape index (κ1) is 15.2. The number of carbonyl (C=O) groups excluding carboxylic acids is 1. The number of aliphatic hydroxyl groups excluding tert-OH is 1. The highest BCUT2D eigenvalue weighted by molar-refractivity contribution is 5.82. The van der Waals surface area contributed by atoms with Crippen molar-refractivity contribution in [2.24, 2.45) is 0 Å². The van der Waals surface area contributed by atoms with Crippen LogP contribution in [-0.4, -0.2) is 33.4 Å². The third-order valence-corrected chi connectivity index (χ3v) is 3.75.